The van der Waals surface area contributed by atoms with E-state index >= 15 is 0 Å². The molecule has 0 unspecified atom stereocenters. The fourth-order valence-corrected chi connectivity index (χ4v) is 0.770. The topological polar surface area (TPSA) is 14.1 Å². The summed E-state index contributed by atoms with van der Waals surface area (Å²) in [6, 6.07) is 5.69. The minimum absolute atomic E-state index is 0. The van der Waals surface area contributed by atoms with Gasteiger partial charge in [0, 0.05) is 19.1 Å². The van der Waals surface area contributed by atoms with Crippen LogP contribution in [0.15, 0.2) is 18.2 Å². The van der Waals surface area contributed by atoms with Crippen LogP contribution >= 0.6 is 11.6 Å². The lowest BCUT2D eigenvalue weighted by atomic mass is 10.4. The third-order valence-electron chi connectivity index (χ3n) is 0.905. The monoisotopic (exact) mass is 255 g/mol. The molecule has 50 valence electrons. The molecule has 0 amide bonds. The molecule has 0 saturated heterocycles. The molecule has 1 nitrogen and oxygen atoms in total. The molecule has 0 bridgehead atoms. The standard InChI is InChI=1S/C6H6ClN.HI/c1-5-3-2-4-6(7)8-5;/h2-4H,1H3;1H. The zero-order valence-corrected chi connectivity index (χ0v) is 7.90. The van der Waals surface area contributed by atoms with Crippen molar-refractivity contribution in [1.82, 2.24) is 0 Å². The molecule has 0 saturated carbocycles. The Morgan fingerprint density at radius 1 is 1.44 bits per heavy atom. The lowest BCUT2D eigenvalue weighted by Gasteiger charge is -1.80. The van der Waals surface area contributed by atoms with E-state index in [1.165, 1.54) is 0 Å². The van der Waals surface area contributed by atoms with Crippen LogP contribution in [-0.4, -0.2) is 0 Å². The number of rotatable bonds is 0. The minimum Gasteiger partial charge on any atom is -1.00 e. The lowest BCUT2D eigenvalue weighted by Crippen LogP contribution is -3.00. The van der Waals surface area contributed by atoms with Gasteiger partial charge in [0.2, 0.25) is 0 Å². The number of aryl methyl sites for hydroxylation is 1. The fraction of sp³-hybridized carbons (Fsp3) is 0.167. The average molecular weight is 255 g/mol. The summed E-state index contributed by atoms with van der Waals surface area (Å²) in [5, 5.41) is 0.685. The number of hydrogen-bond acceptors (Lipinski definition) is 0. The van der Waals surface area contributed by atoms with Gasteiger partial charge in [0.25, 0.3) is 5.15 Å². The molecule has 0 aliphatic carbocycles. The predicted octanol–water partition coefficient (Wildman–Crippen LogP) is -1.53. The van der Waals surface area contributed by atoms with Crippen molar-refractivity contribution in [2.75, 3.05) is 0 Å². The molecule has 1 aromatic heterocycles. The van der Waals surface area contributed by atoms with Crippen LogP contribution < -0.4 is 29.0 Å². The number of hydrogen-bond donors (Lipinski definition) is 0. The van der Waals surface area contributed by atoms with Crippen LogP contribution in [0.2, 0.25) is 5.15 Å². The highest BCUT2D eigenvalue weighted by Gasteiger charge is 1.93. The number of nitrogens with one attached hydrogen (secondary N) is 1. The first-order valence-corrected chi connectivity index (χ1v) is 2.81. The van der Waals surface area contributed by atoms with E-state index in [1.54, 1.807) is 0 Å². The first-order chi connectivity index (χ1) is 3.79. The third kappa shape index (κ3) is 3.01. The first-order valence-electron chi connectivity index (χ1n) is 2.43. The second kappa shape index (κ2) is 4.06. The van der Waals surface area contributed by atoms with Crippen LogP contribution in [0.5, 0.6) is 0 Å². The molecule has 0 fully saturated rings. The van der Waals surface area contributed by atoms with Crippen molar-refractivity contribution in [1.29, 1.82) is 0 Å². The van der Waals surface area contributed by atoms with Gasteiger partial charge in [-0.2, -0.15) is 4.98 Å². The van der Waals surface area contributed by atoms with E-state index in [0.29, 0.717) is 5.15 Å². The van der Waals surface area contributed by atoms with Crippen LogP contribution in [-0.2, 0) is 0 Å². The van der Waals surface area contributed by atoms with Gasteiger partial charge in [0.05, 0.1) is 0 Å². The van der Waals surface area contributed by atoms with E-state index in [0.717, 1.165) is 5.69 Å². The Kier molecular flexibility index (Phi) is 4.14. The molecule has 0 spiro atoms. The Balaban J connectivity index is 0.000000640. The normalized spacial score (nSPS) is 8.22. The van der Waals surface area contributed by atoms with Crippen molar-refractivity contribution in [3.63, 3.8) is 0 Å². The predicted molar refractivity (Wildman–Crippen MR) is 32.7 cm³/mol. The van der Waals surface area contributed by atoms with Gasteiger partial charge in [-0.15, -0.1) is 0 Å². The number of halogens is 2. The molecule has 1 rings (SSSR count). The second-order valence-electron chi connectivity index (χ2n) is 1.68. The van der Waals surface area contributed by atoms with E-state index in [1.807, 2.05) is 25.1 Å². The van der Waals surface area contributed by atoms with Crippen LogP contribution in [0.4, 0.5) is 0 Å². The second-order valence-corrected chi connectivity index (χ2v) is 2.09. The number of aromatic amines is 1. The van der Waals surface area contributed by atoms with Gasteiger partial charge in [0.15, 0.2) is 5.69 Å². The smallest absolute Gasteiger partial charge is 0.273 e. The van der Waals surface area contributed by atoms with E-state index in [-0.39, 0.29) is 24.0 Å². The minimum atomic E-state index is 0. The highest BCUT2D eigenvalue weighted by Crippen LogP contribution is 1.96. The summed E-state index contributed by atoms with van der Waals surface area (Å²) >= 11 is 5.59. The van der Waals surface area contributed by atoms with E-state index < -0.39 is 0 Å². The summed E-state index contributed by atoms with van der Waals surface area (Å²) in [5.41, 5.74) is 1.08. The average Bonchev–Trinajstić information content (AvgIpc) is 1.64. The van der Waals surface area contributed by atoms with Crippen LogP contribution in [0.3, 0.4) is 0 Å². The Morgan fingerprint density at radius 2 is 2.11 bits per heavy atom. The van der Waals surface area contributed by atoms with Crippen molar-refractivity contribution in [3.05, 3.63) is 29.0 Å². The van der Waals surface area contributed by atoms with Crippen molar-refractivity contribution >= 4 is 11.6 Å². The van der Waals surface area contributed by atoms with Gasteiger partial charge < -0.3 is 24.0 Å². The molecule has 3 heteroatoms. The highest BCUT2D eigenvalue weighted by molar-refractivity contribution is 6.28. The van der Waals surface area contributed by atoms with E-state index in [4.69, 9.17) is 11.6 Å². The van der Waals surface area contributed by atoms with Gasteiger partial charge >= 0.3 is 0 Å². The quantitative estimate of drug-likeness (QED) is 0.394. The van der Waals surface area contributed by atoms with Gasteiger partial charge in [-0.05, 0) is 17.7 Å². The zero-order chi connectivity index (χ0) is 5.98. The summed E-state index contributed by atoms with van der Waals surface area (Å²) in [4.78, 5) is 2.94. The molecular formula is C6H7ClIN. The third-order valence-corrected chi connectivity index (χ3v) is 1.13. The van der Waals surface area contributed by atoms with Crippen LogP contribution in [0.1, 0.15) is 5.69 Å². The van der Waals surface area contributed by atoms with Gasteiger partial charge in [-0.25, -0.2) is 0 Å². The first kappa shape index (κ1) is 9.17. The number of H-pyrrole nitrogens is 1. The van der Waals surface area contributed by atoms with Gasteiger partial charge in [-0.1, -0.05) is 0 Å². The van der Waals surface area contributed by atoms with Crippen LogP contribution in [0.25, 0.3) is 0 Å². The molecule has 1 heterocycles. The molecule has 0 aliphatic rings. The SMILES string of the molecule is Cc1cccc(Cl)[nH+]1.[I-]. The Morgan fingerprint density at radius 3 is 2.44 bits per heavy atom. The van der Waals surface area contributed by atoms with Crippen molar-refractivity contribution in [3.8, 4) is 0 Å². The molecule has 0 radical (unpaired) electrons. The highest BCUT2D eigenvalue weighted by atomic mass is 127. The van der Waals surface area contributed by atoms with E-state index in [9.17, 15) is 0 Å². The summed E-state index contributed by atoms with van der Waals surface area (Å²) in [7, 11) is 0. The molecule has 0 aliphatic heterocycles. The molecule has 0 atom stereocenters. The van der Waals surface area contributed by atoms with E-state index in [2.05, 4.69) is 4.98 Å². The summed E-state index contributed by atoms with van der Waals surface area (Å²) in [5.74, 6) is 0. The van der Waals surface area contributed by atoms with Crippen LogP contribution in [0, 0.1) is 6.92 Å². The summed E-state index contributed by atoms with van der Waals surface area (Å²) in [6.07, 6.45) is 0. The molecule has 9 heavy (non-hydrogen) atoms. The Bertz CT molecular complexity index is 173. The molecule has 1 aromatic rings. The largest absolute Gasteiger partial charge is 1.00 e. The maximum Gasteiger partial charge on any atom is 0.273 e. The maximum atomic E-state index is 5.59. The van der Waals surface area contributed by atoms with Crippen molar-refractivity contribution in [2.45, 2.75) is 6.92 Å². The van der Waals surface area contributed by atoms with Gasteiger partial charge in [-0.3, -0.25) is 0 Å². The molecule has 0 aromatic carbocycles. The summed E-state index contributed by atoms with van der Waals surface area (Å²) in [6.45, 7) is 1.96. The fourth-order valence-electron chi connectivity index (χ4n) is 0.549. The number of aromatic nitrogens is 1. The Labute approximate surface area is 76.5 Å². The molecule has 1 N–H and O–H groups in total. The van der Waals surface area contributed by atoms with Crippen molar-refractivity contribution < 1.29 is 29.0 Å². The van der Waals surface area contributed by atoms with Crippen molar-refractivity contribution in [2.24, 2.45) is 0 Å². The summed E-state index contributed by atoms with van der Waals surface area (Å²) < 4.78 is 0. The zero-order valence-electron chi connectivity index (χ0n) is 4.99. The Hall–Kier alpha value is 0.170. The lowest BCUT2D eigenvalue weighted by molar-refractivity contribution is -0.384. The van der Waals surface area contributed by atoms with Gasteiger partial charge in [0.1, 0.15) is 0 Å². The maximum absolute atomic E-state index is 5.59. The molecular weight excluding hydrogens is 248 g/mol. The number of pyridine rings is 1.